The zero-order valence-corrected chi connectivity index (χ0v) is 19.8. The Hall–Kier alpha value is -4.24. The number of fused-ring (bicyclic) bond motifs is 1. The standard InChI is InChI=1S/C26H23N3O5S/c1-2-32-23-15-18(11-13-22(23)33-16-19-7-4-3-5-8-19)12-14-25(31)34-17-24(30)27-20-9-6-10-21-26(20)29-35-28-21/h3-15H,2,16-17H2,1H3,(H,27,30)/b14-12+. The summed E-state index contributed by atoms with van der Waals surface area (Å²) in [6, 6.07) is 20.5. The molecule has 1 aromatic heterocycles. The van der Waals surface area contributed by atoms with E-state index in [0.717, 1.165) is 22.9 Å². The summed E-state index contributed by atoms with van der Waals surface area (Å²) in [6.07, 6.45) is 2.85. The fourth-order valence-corrected chi connectivity index (χ4v) is 3.74. The van der Waals surface area contributed by atoms with Crippen LogP contribution in [0.25, 0.3) is 17.1 Å². The molecular formula is C26H23N3O5S. The van der Waals surface area contributed by atoms with Crippen LogP contribution in [-0.4, -0.2) is 33.8 Å². The predicted molar refractivity (Wildman–Crippen MR) is 134 cm³/mol. The van der Waals surface area contributed by atoms with Crippen molar-refractivity contribution in [1.82, 2.24) is 8.75 Å². The first-order valence-electron chi connectivity index (χ1n) is 10.9. The highest BCUT2D eigenvalue weighted by Gasteiger charge is 2.11. The Bertz CT molecular complexity index is 1340. The molecule has 0 spiro atoms. The first-order valence-corrected chi connectivity index (χ1v) is 11.6. The highest BCUT2D eigenvalue weighted by Crippen LogP contribution is 2.30. The minimum atomic E-state index is -0.643. The van der Waals surface area contributed by atoms with Gasteiger partial charge in [-0.15, -0.1) is 0 Å². The molecule has 0 unspecified atom stereocenters. The van der Waals surface area contributed by atoms with Gasteiger partial charge in [-0.1, -0.05) is 42.5 Å². The number of carbonyl (C=O) groups excluding carboxylic acids is 2. The van der Waals surface area contributed by atoms with Crippen LogP contribution in [0.15, 0.2) is 72.8 Å². The summed E-state index contributed by atoms with van der Waals surface area (Å²) in [5.74, 6) is 0.0725. The third-order valence-corrected chi connectivity index (χ3v) is 5.36. The van der Waals surface area contributed by atoms with Crippen molar-refractivity contribution in [3.05, 3.63) is 83.9 Å². The van der Waals surface area contributed by atoms with Crippen molar-refractivity contribution >= 4 is 46.4 Å². The SMILES string of the molecule is CCOc1cc(/C=C/C(=O)OCC(=O)Nc2cccc3nsnc23)ccc1OCc1ccccc1. The molecule has 35 heavy (non-hydrogen) atoms. The summed E-state index contributed by atoms with van der Waals surface area (Å²) in [6.45, 7) is 2.35. The number of rotatable bonds is 10. The Morgan fingerprint density at radius 3 is 2.66 bits per heavy atom. The Labute approximate surface area is 206 Å². The Morgan fingerprint density at radius 2 is 1.83 bits per heavy atom. The topological polar surface area (TPSA) is 99.6 Å². The van der Waals surface area contributed by atoms with E-state index in [9.17, 15) is 9.59 Å². The van der Waals surface area contributed by atoms with Crippen LogP contribution in [0.2, 0.25) is 0 Å². The van der Waals surface area contributed by atoms with Crippen molar-refractivity contribution < 1.29 is 23.8 Å². The average molecular weight is 490 g/mol. The number of esters is 1. The van der Waals surface area contributed by atoms with Crippen LogP contribution in [0.4, 0.5) is 5.69 Å². The molecule has 4 rings (SSSR count). The van der Waals surface area contributed by atoms with Gasteiger partial charge in [-0.25, -0.2) is 4.79 Å². The molecule has 0 aliphatic carbocycles. The molecule has 0 radical (unpaired) electrons. The molecule has 9 heteroatoms. The molecule has 3 aromatic carbocycles. The number of aromatic nitrogens is 2. The molecule has 1 amide bonds. The summed E-state index contributed by atoms with van der Waals surface area (Å²) in [5.41, 5.74) is 3.58. The monoisotopic (exact) mass is 489 g/mol. The maximum Gasteiger partial charge on any atom is 0.331 e. The van der Waals surface area contributed by atoms with Crippen LogP contribution in [0.3, 0.4) is 0 Å². The third-order valence-electron chi connectivity index (χ3n) is 4.82. The lowest BCUT2D eigenvalue weighted by Gasteiger charge is -2.12. The van der Waals surface area contributed by atoms with Crippen molar-refractivity contribution in [1.29, 1.82) is 0 Å². The van der Waals surface area contributed by atoms with Gasteiger partial charge >= 0.3 is 5.97 Å². The normalized spacial score (nSPS) is 10.9. The van der Waals surface area contributed by atoms with Gasteiger partial charge in [0.2, 0.25) is 0 Å². The molecule has 0 fully saturated rings. The average Bonchev–Trinajstić information content (AvgIpc) is 3.36. The predicted octanol–water partition coefficient (Wildman–Crippen LogP) is 4.86. The smallest absolute Gasteiger partial charge is 0.331 e. The van der Waals surface area contributed by atoms with Crippen LogP contribution in [0, 0.1) is 0 Å². The second-order valence-corrected chi connectivity index (χ2v) is 7.87. The van der Waals surface area contributed by atoms with Gasteiger partial charge in [0.25, 0.3) is 5.91 Å². The van der Waals surface area contributed by atoms with E-state index in [1.54, 1.807) is 36.4 Å². The van der Waals surface area contributed by atoms with E-state index in [0.29, 0.717) is 41.4 Å². The summed E-state index contributed by atoms with van der Waals surface area (Å²) in [5, 5.41) is 2.69. The van der Waals surface area contributed by atoms with E-state index < -0.39 is 18.5 Å². The number of hydrogen-bond donors (Lipinski definition) is 1. The minimum absolute atomic E-state index is 0.415. The van der Waals surface area contributed by atoms with Gasteiger partial charge in [-0.05, 0) is 48.4 Å². The van der Waals surface area contributed by atoms with E-state index in [1.165, 1.54) is 6.08 Å². The first-order chi connectivity index (χ1) is 17.1. The summed E-state index contributed by atoms with van der Waals surface area (Å²) < 4.78 is 24.9. The second kappa shape index (κ2) is 11.8. The molecule has 1 heterocycles. The second-order valence-electron chi connectivity index (χ2n) is 7.34. The number of ether oxygens (including phenoxy) is 3. The van der Waals surface area contributed by atoms with Crippen molar-refractivity contribution in [2.24, 2.45) is 0 Å². The lowest BCUT2D eigenvalue weighted by molar-refractivity contribution is -0.142. The van der Waals surface area contributed by atoms with Crippen LogP contribution in [-0.2, 0) is 20.9 Å². The Balaban J connectivity index is 1.31. The van der Waals surface area contributed by atoms with Gasteiger partial charge in [0.1, 0.15) is 17.6 Å². The molecule has 0 aliphatic heterocycles. The summed E-state index contributed by atoms with van der Waals surface area (Å²) in [4.78, 5) is 24.3. The van der Waals surface area contributed by atoms with Gasteiger partial charge in [0.15, 0.2) is 18.1 Å². The maximum absolute atomic E-state index is 12.2. The van der Waals surface area contributed by atoms with Gasteiger partial charge in [0.05, 0.1) is 24.0 Å². The highest BCUT2D eigenvalue weighted by atomic mass is 32.1. The number of anilines is 1. The third kappa shape index (κ3) is 6.64. The fourth-order valence-electron chi connectivity index (χ4n) is 3.19. The summed E-state index contributed by atoms with van der Waals surface area (Å²) >= 11 is 1.06. The number of amides is 1. The summed E-state index contributed by atoms with van der Waals surface area (Å²) in [7, 11) is 0. The number of carbonyl (C=O) groups is 2. The molecule has 8 nitrogen and oxygen atoms in total. The highest BCUT2D eigenvalue weighted by molar-refractivity contribution is 7.00. The van der Waals surface area contributed by atoms with Gasteiger partial charge in [-0.3, -0.25) is 4.79 Å². The molecule has 0 atom stereocenters. The largest absolute Gasteiger partial charge is 0.490 e. The van der Waals surface area contributed by atoms with Crippen LogP contribution < -0.4 is 14.8 Å². The van der Waals surface area contributed by atoms with Crippen molar-refractivity contribution in [3.63, 3.8) is 0 Å². The molecule has 1 N–H and O–H groups in total. The molecule has 0 saturated carbocycles. The first kappa shape index (κ1) is 23.9. The quantitative estimate of drug-likeness (QED) is 0.251. The Morgan fingerprint density at radius 1 is 0.971 bits per heavy atom. The van der Waals surface area contributed by atoms with E-state index in [2.05, 4.69) is 14.1 Å². The zero-order chi connectivity index (χ0) is 24.5. The number of benzene rings is 3. The molecule has 4 aromatic rings. The molecule has 0 saturated heterocycles. The van der Waals surface area contributed by atoms with E-state index in [1.807, 2.05) is 43.3 Å². The van der Waals surface area contributed by atoms with Gasteiger partial charge in [-0.2, -0.15) is 8.75 Å². The number of nitrogens with zero attached hydrogens (tertiary/aromatic N) is 2. The molecule has 0 aliphatic rings. The molecule has 0 bridgehead atoms. The lowest BCUT2D eigenvalue weighted by Crippen LogP contribution is -2.20. The van der Waals surface area contributed by atoms with Gasteiger partial charge < -0.3 is 19.5 Å². The number of hydrogen-bond acceptors (Lipinski definition) is 8. The minimum Gasteiger partial charge on any atom is -0.490 e. The van der Waals surface area contributed by atoms with Crippen LogP contribution in [0.1, 0.15) is 18.1 Å². The van der Waals surface area contributed by atoms with Crippen molar-refractivity contribution in [2.75, 3.05) is 18.5 Å². The van der Waals surface area contributed by atoms with E-state index >= 15 is 0 Å². The molecule has 178 valence electrons. The van der Waals surface area contributed by atoms with Crippen molar-refractivity contribution in [2.45, 2.75) is 13.5 Å². The van der Waals surface area contributed by atoms with E-state index in [-0.39, 0.29) is 0 Å². The van der Waals surface area contributed by atoms with Crippen LogP contribution in [0.5, 0.6) is 11.5 Å². The van der Waals surface area contributed by atoms with E-state index in [4.69, 9.17) is 14.2 Å². The molecular weight excluding hydrogens is 466 g/mol. The fraction of sp³-hybridized carbons (Fsp3) is 0.154. The van der Waals surface area contributed by atoms with Gasteiger partial charge in [0, 0.05) is 6.08 Å². The zero-order valence-electron chi connectivity index (χ0n) is 19.0. The maximum atomic E-state index is 12.2. The number of nitrogens with one attached hydrogen (secondary N) is 1. The lowest BCUT2D eigenvalue weighted by atomic mass is 10.2. The Kier molecular flexibility index (Phi) is 8.03. The van der Waals surface area contributed by atoms with Crippen LogP contribution >= 0.6 is 11.7 Å². The van der Waals surface area contributed by atoms with Crippen molar-refractivity contribution in [3.8, 4) is 11.5 Å².